The number of non-ortho nitro benzene ring substituents is 1. The zero-order valence-electron chi connectivity index (χ0n) is 10.7. The summed E-state index contributed by atoms with van der Waals surface area (Å²) in [6.07, 6.45) is 0.725. The number of guanidine groups is 1. The van der Waals surface area contributed by atoms with Crippen LogP contribution in [0.5, 0.6) is 0 Å². The Labute approximate surface area is 119 Å². The Morgan fingerprint density at radius 1 is 1.40 bits per heavy atom. The van der Waals surface area contributed by atoms with Crippen LogP contribution in [0.4, 0.5) is 10.8 Å². The lowest BCUT2D eigenvalue weighted by atomic mass is 10.1. The minimum absolute atomic E-state index is 0.0448. The van der Waals surface area contributed by atoms with Gasteiger partial charge in [-0.15, -0.1) is 0 Å². The highest BCUT2D eigenvalue weighted by Gasteiger charge is 2.13. The molecule has 0 bridgehead atoms. The summed E-state index contributed by atoms with van der Waals surface area (Å²) in [6, 6.07) is 6.33. The molecule has 20 heavy (non-hydrogen) atoms. The highest BCUT2D eigenvalue weighted by atomic mass is 32.1. The molecule has 0 saturated carbocycles. The summed E-state index contributed by atoms with van der Waals surface area (Å²) in [5.74, 6) is -0.0448. The summed E-state index contributed by atoms with van der Waals surface area (Å²) in [4.78, 5) is 19.4. The summed E-state index contributed by atoms with van der Waals surface area (Å²) in [5, 5.41) is 11.1. The maximum absolute atomic E-state index is 10.6. The van der Waals surface area contributed by atoms with Crippen molar-refractivity contribution in [3.8, 4) is 10.4 Å². The maximum Gasteiger partial charge on any atom is 0.269 e. The van der Waals surface area contributed by atoms with E-state index in [1.807, 2.05) is 6.92 Å². The largest absolute Gasteiger partial charge is 0.370 e. The highest BCUT2D eigenvalue weighted by Crippen LogP contribution is 2.35. The van der Waals surface area contributed by atoms with Crippen LogP contribution in [-0.4, -0.2) is 15.9 Å². The number of nitrogens with two attached hydrogens (primary N) is 2. The Hall–Kier alpha value is -2.48. The Morgan fingerprint density at radius 3 is 2.55 bits per heavy atom. The van der Waals surface area contributed by atoms with Crippen molar-refractivity contribution in [1.29, 1.82) is 0 Å². The summed E-state index contributed by atoms with van der Waals surface area (Å²) in [5.41, 5.74) is 12.5. The van der Waals surface area contributed by atoms with Gasteiger partial charge in [0.1, 0.15) is 0 Å². The number of nitrogens with zero attached hydrogens (tertiary/aromatic N) is 3. The van der Waals surface area contributed by atoms with Crippen molar-refractivity contribution in [3.05, 3.63) is 40.1 Å². The Kier molecular flexibility index (Phi) is 3.94. The fourth-order valence-corrected chi connectivity index (χ4v) is 2.75. The van der Waals surface area contributed by atoms with E-state index >= 15 is 0 Å². The highest BCUT2D eigenvalue weighted by molar-refractivity contribution is 7.18. The molecule has 1 aromatic carbocycles. The molecular weight excluding hydrogens is 278 g/mol. The van der Waals surface area contributed by atoms with Crippen molar-refractivity contribution in [2.75, 3.05) is 0 Å². The third-order valence-electron chi connectivity index (χ3n) is 2.59. The topological polar surface area (TPSA) is 120 Å². The molecule has 0 amide bonds. The van der Waals surface area contributed by atoms with Gasteiger partial charge in [0, 0.05) is 12.1 Å². The van der Waals surface area contributed by atoms with Gasteiger partial charge in [-0.3, -0.25) is 10.1 Å². The first-order valence-corrected chi connectivity index (χ1v) is 6.67. The molecule has 0 unspecified atom stereocenters. The van der Waals surface area contributed by atoms with Crippen LogP contribution in [0.25, 0.3) is 10.4 Å². The van der Waals surface area contributed by atoms with Gasteiger partial charge in [-0.2, -0.15) is 4.99 Å². The van der Waals surface area contributed by atoms with Gasteiger partial charge in [-0.05, 0) is 24.1 Å². The molecule has 0 aliphatic carbocycles. The van der Waals surface area contributed by atoms with E-state index in [0.717, 1.165) is 22.6 Å². The van der Waals surface area contributed by atoms with Gasteiger partial charge in [-0.1, -0.05) is 18.3 Å². The molecule has 0 atom stereocenters. The molecule has 0 aliphatic rings. The number of thiazole rings is 1. The van der Waals surface area contributed by atoms with Crippen molar-refractivity contribution in [2.24, 2.45) is 16.5 Å². The van der Waals surface area contributed by atoms with E-state index in [9.17, 15) is 10.1 Å². The second kappa shape index (κ2) is 5.66. The lowest BCUT2D eigenvalue weighted by Gasteiger charge is -1.99. The Bertz CT molecular complexity index is 659. The first kappa shape index (κ1) is 13.9. The molecule has 8 heteroatoms. The van der Waals surface area contributed by atoms with E-state index in [2.05, 4.69) is 9.98 Å². The molecule has 0 spiro atoms. The van der Waals surface area contributed by atoms with Crippen LogP contribution in [0.15, 0.2) is 29.3 Å². The van der Waals surface area contributed by atoms with E-state index < -0.39 is 4.92 Å². The fourth-order valence-electron chi connectivity index (χ4n) is 1.70. The smallest absolute Gasteiger partial charge is 0.269 e. The fraction of sp³-hybridized carbons (Fsp3) is 0.167. The average molecular weight is 291 g/mol. The van der Waals surface area contributed by atoms with Crippen molar-refractivity contribution in [1.82, 2.24) is 4.98 Å². The number of rotatable bonds is 4. The van der Waals surface area contributed by atoms with Crippen LogP contribution in [0.2, 0.25) is 0 Å². The van der Waals surface area contributed by atoms with Crippen molar-refractivity contribution in [2.45, 2.75) is 13.3 Å². The molecule has 7 nitrogen and oxygen atoms in total. The van der Waals surface area contributed by atoms with E-state index in [0.29, 0.717) is 5.13 Å². The van der Waals surface area contributed by atoms with Crippen LogP contribution in [-0.2, 0) is 6.42 Å². The normalized spacial score (nSPS) is 10.2. The van der Waals surface area contributed by atoms with Gasteiger partial charge < -0.3 is 11.5 Å². The zero-order valence-corrected chi connectivity index (χ0v) is 11.6. The number of benzene rings is 1. The van der Waals surface area contributed by atoms with E-state index in [1.54, 1.807) is 12.1 Å². The maximum atomic E-state index is 10.6. The lowest BCUT2D eigenvalue weighted by Crippen LogP contribution is -2.21. The van der Waals surface area contributed by atoms with Crippen molar-refractivity contribution < 1.29 is 4.92 Å². The quantitative estimate of drug-likeness (QED) is 0.387. The molecule has 104 valence electrons. The predicted molar refractivity (Wildman–Crippen MR) is 79.1 cm³/mol. The van der Waals surface area contributed by atoms with Crippen LogP contribution >= 0.6 is 11.3 Å². The molecule has 0 saturated heterocycles. The monoisotopic (exact) mass is 291 g/mol. The molecule has 2 aromatic rings. The van der Waals surface area contributed by atoms with Gasteiger partial charge >= 0.3 is 0 Å². The minimum atomic E-state index is -0.429. The number of hydrogen-bond donors (Lipinski definition) is 2. The predicted octanol–water partition coefficient (Wildman–Crippen LogP) is 2.19. The van der Waals surface area contributed by atoms with Gasteiger partial charge in [0.05, 0.1) is 15.5 Å². The number of hydrogen-bond acceptors (Lipinski definition) is 5. The standard InChI is InChI=1S/C12H13N5O2S/c1-2-9-10(20-12(15-9)16-11(13)14)7-3-5-8(6-4-7)17(18)19/h3-6H,2H2,1H3,(H4,13,14,15,16). The molecule has 0 aliphatic heterocycles. The summed E-state index contributed by atoms with van der Waals surface area (Å²) < 4.78 is 0. The first-order valence-electron chi connectivity index (χ1n) is 5.85. The van der Waals surface area contributed by atoms with Gasteiger partial charge in [0.2, 0.25) is 5.13 Å². The van der Waals surface area contributed by atoms with Crippen molar-refractivity contribution in [3.63, 3.8) is 0 Å². The number of aryl methyl sites for hydroxylation is 1. The lowest BCUT2D eigenvalue weighted by molar-refractivity contribution is -0.384. The average Bonchev–Trinajstić information content (AvgIpc) is 2.81. The number of aromatic nitrogens is 1. The Morgan fingerprint density at radius 2 is 2.05 bits per heavy atom. The molecule has 1 heterocycles. The minimum Gasteiger partial charge on any atom is -0.370 e. The first-order chi connectivity index (χ1) is 9.51. The molecule has 4 N–H and O–H groups in total. The zero-order chi connectivity index (χ0) is 14.7. The van der Waals surface area contributed by atoms with Crippen LogP contribution < -0.4 is 11.5 Å². The van der Waals surface area contributed by atoms with Gasteiger partial charge in [0.15, 0.2) is 5.96 Å². The van der Waals surface area contributed by atoms with Gasteiger partial charge in [0.25, 0.3) is 5.69 Å². The number of aliphatic imine (C=N–C) groups is 1. The van der Waals surface area contributed by atoms with Crippen LogP contribution in [0.3, 0.4) is 0 Å². The summed E-state index contributed by atoms with van der Waals surface area (Å²) >= 11 is 1.35. The second-order valence-electron chi connectivity index (χ2n) is 3.97. The Balaban J connectivity index is 2.43. The molecular formula is C12H13N5O2S. The SMILES string of the molecule is CCc1nc(N=C(N)N)sc1-c1ccc([N+](=O)[O-])cc1. The second-order valence-corrected chi connectivity index (χ2v) is 4.94. The van der Waals surface area contributed by atoms with E-state index in [-0.39, 0.29) is 11.6 Å². The third-order valence-corrected chi connectivity index (χ3v) is 3.63. The van der Waals surface area contributed by atoms with Crippen molar-refractivity contribution >= 4 is 28.1 Å². The van der Waals surface area contributed by atoms with E-state index in [4.69, 9.17) is 11.5 Å². The molecule has 1 aromatic heterocycles. The third kappa shape index (κ3) is 2.91. The summed E-state index contributed by atoms with van der Waals surface area (Å²) in [7, 11) is 0. The number of nitro benzene ring substituents is 1. The van der Waals surface area contributed by atoms with E-state index in [1.165, 1.54) is 23.5 Å². The van der Waals surface area contributed by atoms with Gasteiger partial charge in [-0.25, -0.2) is 4.98 Å². The summed E-state index contributed by atoms with van der Waals surface area (Å²) in [6.45, 7) is 1.98. The van der Waals surface area contributed by atoms with Crippen LogP contribution in [0.1, 0.15) is 12.6 Å². The number of nitro groups is 1. The molecule has 0 radical (unpaired) electrons. The van der Waals surface area contributed by atoms with Crippen LogP contribution in [0, 0.1) is 10.1 Å². The molecule has 0 fully saturated rings. The molecule has 2 rings (SSSR count).